The molecule has 0 bridgehead atoms. The molecule has 0 spiro atoms. The van der Waals surface area contributed by atoms with Gasteiger partial charge in [-0.05, 0) is 11.4 Å². The normalized spacial score (nSPS) is 16.8. The third kappa shape index (κ3) is 2.75. The summed E-state index contributed by atoms with van der Waals surface area (Å²) in [5.41, 5.74) is 0. The van der Waals surface area contributed by atoms with Gasteiger partial charge in [-0.25, -0.2) is 14.5 Å². The molecule has 4 amide bonds. The van der Waals surface area contributed by atoms with Gasteiger partial charge in [0, 0.05) is 18.0 Å². The Labute approximate surface area is 102 Å². The van der Waals surface area contributed by atoms with Crippen molar-refractivity contribution >= 4 is 23.4 Å². The number of nitrogens with one attached hydrogen (secondary N) is 2. The minimum Gasteiger partial charge on any atom is -0.386 e. The number of urea groups is 2. The van der Waals surface area contributed by atoms with Crippen molar-refractivity contribution in [3.63, 3.8) is 0 Å². The maximum absolute atomic E-state index is 11.6. The van der Waals surface area contributed by atoms with Crippen molar-refractivity contribution in [1.29, 1.82) is 0 Å². The van der Waals surface area contributed by atoms with Crippen LogP contribution in [0.25, 0.3) is 0 Å². The van der Waals surface area contributed by atoms with E-state index in [9.17, 15) is 14.7 Å². The topological polar surface area (TPSA) is 81.7 Å². The smallest absolute Gasteiger partial charge is 0.325 e. The molecule has 1 aromatic heterocycles. The lowest BCUT2D eigenvalue weighted by Gasteiger charge is -2.15. The minimum absolute atomic E-state index is 0.100. The van der Waals surface area contributed by atoms with Gasteiger partial charge in [-0.3, -0.25) is 0 Å². The van der Waals surface area contributed by atoms with E-state index in [4.69, 9.17) is 0 Å². The molecule has 1 unspecified atom stereocenters. The van der Waals surface area contributed by atoms with E-state index in [0.717, 1.165) is 9.78 Å². The average molecular weight is 255 g/mol. The number of hydrogen-bond donors (Lipinski definition) is 3. The molecular weight excluding hydrogens is 242 g/mol. The van der Waals surface area contributed by atoms with E-state index in [1.54, 1.807) is 6.07 Å². The first-order chi connectivity index (χ1) is 8.18. The van der Waals surface area contributed by atoms with Crippen LogP contribution < -0.4 is 10.6 Å². The van der Waals surface area contributed by atoms with E-state index < -0.39 is 18.2 Å². The summed E-state index contributed by atoms with van der Waals surface area (Å²) in [4.78, 5) is 24.6. The van der Waals surface area contributed by atoms with Gasteiger partial charge in [0.25, 0.3) is 0 Å². The number of thiophene rings is 1. The van der Waals surface area contributed by atoms with Crippen molar-refractivity contribution in [2.75, 3.05) is 19.6 Å². The first-order valence-electron chi connectivity index (χ1n) is 5.23. The molecule has 3 N–H and O–H groups in total. The van der Waals surface area contributed by atoms with E-state index in [1.807, 2.05) is 11.4 Å². The maximum Gasteiger partial charge on any atom is 0.325 e. The predicted molar refractivity (Wildman–Crippen MR) is 62.8 cm³/mol. The van der Waals surface area contributed by atoms with Gasteiger partial charge in [0.1, 0.15) is 6.10 Å². The lowest BCUT2D eigenvalue weighted by atomic mass is 10.3. The molecule has 6 nitrogen and oxygen atoms in total. The molecule has 0 aliphatic carbocycles. The molecule has 0 saturated carbocycles. The Kier molecular flexibility index (Phi) is 3.60. The van der Waals surface area contributed by atoms with E-state index in [-0.39, 0.29) is 6.54 Å². The summed E-state index contributed by atoms with van der Waals surface area (Å²) in [5.74, 6) is 0. The predicted octanol–water partition coefficient (Wildman–Crippen LogP) is 0.516. The molecular formula is C10H13N3O3S. The highest BCUT2D eigenvalue weighted by atomic mass is 32.1. The summed E-state index contributed by atoms with van der Waals surface area (Å²) in [5, 5.41) is 16.7. The molecule has 0 radical (unpaired) electrons. The van der Waals surface area contributed by atoms with Crippen LogP contribution in [0.4, 0.5) is 9.59 Å². The van der Waals surface area contributed by atoms with E-state index >= 15 is 0 Å². The highest BCUT2D eigenvalue weighted by Gasteiger charge is 2.26. The second-order valence-corrected chi connectivity index (χ2v) is 4.58. The molecule has 1 saturated heterocycles. The molecule has 17 heavy (non-hydrogen) atoms. The van der Waals surface area contributed by atoms with Crippen LogP contribution in [0.1, 0.15) is 11.0 Å². The second kappa shape index (κ2) is 5.15. The molecule has 1 fully saturated rings. The largest absolute Gasteiger partial charge is 0.386 e. The molecule has 1 atom stereocenters. The third-order valence-electron chi connectivity index (χ3n) is 2.42. The second-order valence-electron chi connectivity index (χ2n) is 3.60. The highest BCUT2D eigenvalue weighted by Crippen LogP contribution is 2.17. The number of aliphatic hydroxyl groups excluding tert-OH is 1. The highest BCUT2D eigenvalue weighted by molar-refractivity contribution is 7.10. The number of amides is 4. The number of rotatable bonds is 3. The average Bonchev–Trinajstić information content (AvgIpc) is 2.95. The van der Waals surface area contributed by atoms with Crippen LogP contribution in [0.2, 0.25) is 0 Å². The van der Waals surface area contributed by atoms with Gasteiger partial charge in [0.2, 0.25) is 0 Å². The van der Waals surface area contributed by atoms with E-state index in [2.05, 4.69) is 10.6 Å². The lowest BCUT2D eigenvalue weighted by Crippen LogP contribution is -2.43. The standard InChI is InChI=1S/C10H13N3O3S/c14-7(8-2-1-5-17-8)6-12-10(16)13-4-3-11-9(13)15/h1-2,5,7,14H,3-4,6H2,(H,11,15)(H,12,16). The number of carbonyl (C=O) groups is 2. The van der Waals surface area contributed by atoms with Crippen molar-refractivity contribution in [2.45, 2.75) is 6.10 Å². The van der Waals surface area contributed by atoms with Gasteiger partial charge in [-0.15, -0.1) is 11.3 Å². The van der Waals surface area contributed by atoms with Gasteiger partial charge in [-0.1, -0.05) is 6.07 Å². The van der Waals surface area contributed by atoms with Gasteiger partial charge >= 0.3 is 12.1 Å². The number of hydrogen-bond acceptors (Lipinski definition) is 4. The number of nitrogens with zero attached hydrogens (tertiary/aromatic N) is 1. The van der Waals surface area contributed by atoms with Crippen molar-refractivity contribution in [3.05, 3.63) is 22.4 Å². The number of imide groups is 1. The van der Waals surface area contributed by atoms with Crippen molar-refractivity contribution in [1.82, 2.24) is 15.5 Å². The lowest BCUT2D eigenvalue weighted by molar-refractivity contribution is 0.168. The van der Waals surface area contributed by atoms with Gasteiger partial charge < -0.3 is 15.7 Å². The Hall–Kier alpha value is -1.60. The number of carbonyl (C=O) groups excluding carboxylic acids is 2. The summed E-state index contributed by atoms with van der Waals surface area (Å²) in [6.45, 7) is 0.933. The molecule has 2 heterocycles. The summed E-state index contributed by atoms with van der Waals surface area (Å²) in [6.07, 6.45) is -0.732. The maximum atomic E-state index is 11.6. The molecule has 1 aliphatic rings. The third-order valence-corrected chi connectivity index (χ3v) is 3.39. The Morgan fingerprint density at radius 2 is 2.53 bits per heavy atom. The summed E-state index contributed by atoms with van der Waals surface area (Å²) in [6, 6.07) is 2.76. The fourth-order valence-corrected chi connectivity index (χ4v) is 2.24. The first-order valence-corrected chi connectivity index (χ1v) is 6.11. The van der Waals surface area contributed by atoms with Crippen LogP contribution in [-0.2, 0) is 0 Å². The van der Waals surface area contributed by atoms with Gasteiger partial charge in [-0.2, -0.15) is 0 Å². The molecule has 0 aromatic carbocycles. The quantitative estimate of drug-likeness (QED) is 0.736. The minimum atomic E-state index is -0.732. The summed E-state index contributed by atoms with van der Waals surface area (Å²) in [7, 11) is 0. The van der Waals surface area contributed by atoms with Gasteiger partial charge in [0.05, 0.1) is 6.54 Å². The van der Waals surface area contributed by atoms with Crippen LogP contribution in [0.3, 0.4) is 0 Å². The van der Waals surface area contributed by atoms with Gasteiger partial charge in [0.15, 0.2) is 0 Å². The Morgan fingerprint density at radius 1 is 1.71 bits per heavy atom. The first kappa shape index (κ1) is 11.9. The molecule has 1 aromatic rings. The SMILES string of the molecule is O=C1NCCN1C(=O)NCC(O)c1cccs1. The van der Waals surface area contributed by atoms with Crippen LogP contribution in [0, 0.1) is 0 Å². The Bertz CT molecular complexity index is 407. The Morgan fingerprint density at radius 3 is 3.12 bits per heavy atom. The molecule has 1 aliphatic heterocycles. The van der Waals surface area contributed by atoms with Crippen molar-refractivity contribution in [3.8, 4) is 0 Å². The van der Waals surface area contributed by atoms with Crippen LogP contribution in [0.5, 0.6) is 0 Å². The fourth-order valence-electron chi connectivity index (χ4n) is 1.53. The zero-order valence-corrected chi connectivity index (χ0v) is 9.87. The van der Waals surface area contributed by atoms with E-state index in [0.29, 0.717) is 13.1 Å². The fraction of sp³-hybridized carbons (Fsp3) is 0.400. The summed E-state index contributed by atoms with van der Waals surface area (Å²) < 4.78 is 0. The monoisotopic (exact) mass is 255 g/mol. The van der Waals surface area contributed by atoms with E-state index in [1.165, 1.54) is 11.3 Å². The molecule has 92 valence electrons. The summed E-state index contributed by atoms with van der Waals surface area (Å²) >= 11 is 1.42. The van der Waals surface area contributed by atoms with Crippen molar-refractivity contribution in [2.24, 2.45) is 0 Å². The number of aliphatic hydroxyl groups is 1. The zero-order valence-electron chi connectivity index (χ0n) is 9.05. The Balaban J connectivity index is 1.82. The van der Waals surface area contributed by atoms with Crippen LogP contribution in [0.15, 0.2) is 17.5 Å². The molecule has 7 heteroatoms. The molecule has 2 rings (SSSR count). The zero-order chi connectivity index (χ0) is 12.3. The van der Waals surface area contributed by atoms with Crippen LogP contribution >= 0.6 is 11.3 Å². The van der Waals surface area contributed by atoms with Crippen LogP contribution in [-0.4, -0.2) is 41.7 Å². The van der Waals surface area contributed by atoms with Crippen molar-refractivity contribution < 1.29 is 14.7 Å².